The van der Waals surface area contributed by atoms with E-state index in [4.69, 9.17) is 0 Å². The highest BCUT2D eigenvalue weighted by Crippen LogP contribution is 2.17. The Hall–Kier alpha value is -2.17. The van der Waals surface area contributed by atoms with Gasteiger partial charge in [0.25, 0.3) is 0 Å². The number of aromatic nitrogens is 5. The minimum atomic E-state index is 0.776. The van der Waals surface area contributed by atoms with Gasteiger partial charge in [0, 0.05) is 19.4 Å². The molecule has 3 rings (SSSR count). The predicted molar refractivity (Wildman–Crippen MR) is 56.1 cm³/mol. The molecular weight excluding hydrogens is 190 g/mol. The van der Waals surface area contributed by atoms with Gasteiger partial charge in [-0.1, -0.05) is 0 Å². The van der Waals surface area contributed by atoms with Crippen molar-refractivity contribution in [3.63, 3.8) is 0 Å². The van der Waals surface area contributed by atoms with E-state index in [-0.39, 0.29) is 0 Å². The van der Waals surface area contributed by atoms with Gasteiger partial charge < -0.3 is 4.98 Å². The van der Waals surface area contributed by atoms with Gasteiger partial charge in [0.05, 0.1) is 17.2 Å². The quantitative estimate of drug-likeness (QED) is 0.643. The highest BCUT2D eigenvalue weighted by atomic mass is 15.3. The van der Waals surface area contributed by atoms with E-state index in [2.05, 4.69) is 20.1 Å². The van der Waals surface area contributed by atoms with E-state index in [9.17, 15) is 0 Å². The van der Waals surface area contributed by atoms with Crippen LogP contribution in [0.3, 0.4) is 0 Å². The summed E-state index contributed by atoms with van der Waals surface area (Å²) in [4.78, 5) is 11.6. The second-order valence-electron chi connectivity index (χ2n) is 3.35. The molecule has 0 amide bonds. The Kier molecular flexibility index (Phi) is 1.58. The van der Waals surface area contributed by atoms with Crippen molar-refractivity contribution in [2.24, 2.45) is 7.05 Å². The maximum absolute atomic E-state index is 4.42. The number of nitrogens with zero attached hydrogens (tertiary/aromatic N) is 4. The molecule has 0 aliphatic heterocycles. The van der Waals surface area contributed by atoms with Gasteiger partial charge >= 0.3 is 0 Å². The Morgan fingerprint density at radius 3 is 3.00 bits per heavy atom. The molecule has 0 spiro atoms. The van der Waals surface area contributed by atoms with Crippen LogP contribution in [0.2, 0.25) is 0 Å². The lowest BCUT2D eigenvalue weighted by molar-refractivity contribution is 0.769. The molecule has 3 heterocycles. The fraction of sp³-hybridized carbons (Fsp3) is 0.100. The minimum Gasteiger partial charge on any atom is -0.335 e. The topological polar surface area (TPSA) is 59.4 Å². The van der Waals surface area contributed by atoms with E-state index in [0.29, 0.717) is 0 Å². The summed E-state index contributed by atoms with van der Waals surface area (Å²) in [5.41, 5.74) is 2.68. The van der Waals surface area contributed by atoms with Gasteiger partial charge in [-0.15, -0.1) is 0 Å². The molecule has 3 aromatic rings. The average Bonchev–Trinajstić information content (AvgIpc) is 2.82. The van der Waals surface area contributed by atoms with Gasteiger partial charge in [0.15, 0.2) is 5.82 Å². The van der Waals surface area contributed by atoms with Crippen LogP contribution >= 0.6 is 0 Å². The van der Waals surface area contributed by atoms with Crippen LogP contribution in [-0.2, 0) is 7.05 Å². The van der Waals surface area contributed by atoms with E-state index in [0.717, 1.165) is 22.6 Å². The van der Waals surface area contributed by atoms with Crippen molar-refractivity contribution in [1.29, 1.82) is 0 Å². The normalized spacial score (nSPS) is 11.0. The number of aromatic amines is 1. The van der Waals surface area contributed by atoms with Gasteiger partial charge in [0.1, 0.15) is 5.69 Å². The molecule has 3 aromatic heterocycles. The molecule has 5 heteroatoms. The zero-order valence-corrected chi connectivity index (χ0v) is 8.18. The molecule has 0 unspecified atom stereocenters. The van der Waals surface area contributed by atoms with Crippen molar-refractivity contribution < 1.29 is 0 Å². The molecule has 0 aromatic carbocycles. The van der Waals surface area contributed by atoms with E-state index >= 15 is 0 Å². The van der Waals surface area contributed by atoms with Crippen LogP contribution in [-0.4, -0.2) is 24.7 Å². The summed E-state index contributed by atoms with van der Waals surface area (Å²) in [6, 6.07) is 3.80. The van der Waals surface area contributed by atoms with Crippen LogP contribution in [0, 0.1) is 0 Å². The maximum atomic E-state index is 4.42. The largest absolute Gasteiger partial charge is 0.335 e. The SMILES string of the molecule is Cn1ccc(-c2nc3ccncc3[nH]2)n1. The van der Waals surface area contributed by atoms with Gasteiger partial charge in [-0.2, -0.15) is 5.10 Å². The molecule has 15 heavy (non-hydrogen) atoms. The third-order valence-electron chi connectivity index (χ3n) is 2.24. The average molecular weight is 199 g/mol. The third-order valence-corrected chi connectivity index (χ3v) is 2.24. The molecule has 0 atom stereocenters. The fourth-order valence-corrected chi connectivity index (χ4v) is 1.52. The van der Waals surface area contributed by atoms with Crippen molar-refractivity contribution in [3.8, 4) is 11.5 Å². The number of rotatable bonds is 1. The first-order valence-electron chi connectivity index (χ1n) is 4.63. The second-order valence-corrected chi connectivity index (χ2v) is 3.35. The van der Waals surface area contributed by atoms with Crippen molar-refractivity contribution in [2.75, 3.05) is 0 Å². The van der Waals surface area contributed by atoms with Gasteiger partial charge in [-0.3, -0.25) is 9.67 Å². The molecular formula is C10H9N5. The van der Waals surface area contributed by atoms with Crippen LogP contribution in [0.25, 0.3) is 22.6 Å². The summed E-state index contributed by atoms with van der Waals surface area (Å²) in [5, 5.41) is 4.28. The number of nitrogens with one attached hydrogen (secondary N) is 1. The number of hydrogen-bond acceptors (Lipinski definition) is 3. The van der Waals surface area contributed by atoms with Crippen molar-refractivity contribution in [2.45, 2.75) is 0 Å². The number of imidazole rings is 1. The Morgan fingerprint density at radius 2 is 2.27 bits per heavy atom. The van der Waals surface area contributed by atoms with Crippen molar-refractivity contribution in [3.05, 3.63) is 30.7 Å². The number of aryl methyl sites for hydroxylation is 1. The van der Waals surface area contributed by atoms with Gasteiger partial charge in [-0.05, 0) is 12.1 Å². The van der Waals surface area contributed by atoms with Crippen LogP contribution in [0.4, 0.5) is 0 Å². The summed E-state index contributed by atoms with van der Waals surface area (Å²) >= 11 is 0. The van der Waals surface area contributed by atoms with Crippen LogP contribution in [0.15, 0.2) is 30.7 Å². The molecule has 0 saturated heterocycles. The van der Waals surface area contributed by atoms with Gasteiger partial charge in [0.2, 0.25) is 0 Å². The smallest absolute Gasteiger partial charge is 0.159 e. The Morgan fingerprint density at radius 1 is 1.33 bits per heavy atom. The Balaban J connectivity index is 2.19. The molecule has 0 fully saturated rings. The van der Waals surface area contributed by atoms with E-state index in [1.807, 2.05) is 25.4 Å². The van der Waals surface area contributed by atoms with Crippen molar-refractivity contribution >= 4 is 11.0 Å². The van der Waals surface area contributed by atoms with E-state index < -0.39 is 0 Å². The number of hydrogen-bond donors (Lipinski definition) is 1. The van der Waals surface area contributed by atoms with Crippen LogP contribution < -0.4 is 0 Å². The first kappa shape index (κ1) is 8.16. The Bertz CT molecular complexity index is 574. The lowest BCUT2D eigenvalue weighted by Gasteiger charge is -1.87. The lowest BCUT2D eigenvalue weighted by Crippen LogP contribution is -1.88. The summed E-state index contributed by atoms with van der Waals surface area (Å²) in [7, 11) is 1.88. The molecule has 5 nitrogen and oxygen atoms in total. The molecule has 0 radical (unpaired) electrons. The highest BCUT2D eigenvalue weighted by molar-refractivity contribution is 5.77. The lowest BCUT2D eigenvalue weighted by atomic mass is 10.4. The zero-order chi connectivity index (χ0) is 10.3. The van der Waals surface area contributed by atoms with Crippen LogP contribution in [0.5, 0.6) is 0 Å². The van der Waals surface area contributed by atoms with Crippen LogP contribution in [0.1, 0.15) is 0 Å². The molecule has 0 saturated carbocycles. The van der Waals surface area contributed by atoms with Gasteiger partial charge in [-0.25, -0.2) is 4.98 Å². The summed E-state index contributed by atoms with van der Waals surface area (Å²) in [6.45, 7) is 0. The summed E-state index contributed by atoms with van der Waals surface area (Å²) < 4.78 is 1.75. The molecule has 0 bridgehead atoms. The summed E-state index contributed by atoms with van der Waals surface area (Å²) in [6.07, 6.45) is 5.38. The first-order chi connectivity index (χ1) is 7.33. The monoisotopic (exact) mass is 199 g/mol. The van der Waals surface area contributed by atoms with Crippen molar-refractivity contribution in [1.82, 2.24) is 24.7 Å². The molecule has 1 N–H and O–H groups in total. The molecule has 0 aliphatic carbocycles. The fourth-order valence-electron chi connectivity index (χ4n) is 1.52. The third kappa shape index (κ3) is 1.28. The number of fused-ring (bicyclic) bond motifs is 1. The summed E-state index contributed by atoms with van der Waals surface area (Å²) in [5.74, 6) is 0.776. The number of pyridine rings is 1. The minimum absolute atomic E-state index is 0.776. The molecule has 74 valence electrons. The number of H-pyrrole nitrogens is 1. The highest BCUT2D eigenvalue weighted by Gasteiger charge is 2.06. The van der Waals surface area contributed by atoms with E-state index in [1.165, 1.54) is 0 Å². The zero-order valence-electron chi connectivity index (χ0n) is 8.18. The van der Waals surface area contributed by atoms with E-state index in [1.54, 1.807) is 17.1 Å². The standard InChI is InChI=1S/C10H9N5/c1-15-5-3-8(14-15)10-12-7-2-4-11-6-9(7)13-10/h2-6H,1H3,(H,12,13). The first-order valence-corrected chi connectivity index (χ1v) is 4.63. The second kappa shape index (κ2) is 2.91. The maximum Gasteiger partial charge on any atom is 0.159 e. The Labute approximate surface area is 85.8 Å². The predicted octanol–water partition coefficient (Wildman–Crippen LogP) is 1.36. The molecule has 0 aliphatic rings.